The summed E-state index contributed by atoms with van der Waals surface area (Å²) in [5.41, 5.74) is 1.93. The van der Waals surface area contributed by atoms with Crippen LogP contribution in [-0.2, 0) is 24.9 Å². The molecule has 0 atom stereocenters. The topological polar surface area (TPSA) is 77.5 Å². The van der Waals surface area contributed by atoms with E-state index in [2.05, 4.69) is 26.1 Å². The highest BCUT2D eigenvalue weighted by Gasteiger charge is 2.18. The Hall–Kier alpha value is -2.62. The van der Waals surface area contributed by atoms with Crippen LogP contribution < -0.4 is 5.56 Å². The molecule has 0 aliphatic carbocycles. The van der Waals surface area contributed by atoms with Crippen LogP contribution in [0.5, 0.6) is 0 Å². The highest BCUT2D eigenvalue weighted by atomic mass is 32.1. The maximum absolute atomic E-state index is 12.5. The molecule has 8 nitrogen and oxygen atoms in total. The Bertz CT molecular complexity index is 1120. The maximum atomic E-state index is 12.5. The smallest absolute Gasteiger partial charge is 0.272 e. The molecule has 0 aliphatic heterocycles. The average molecular weight is 384 g/mol. The van der Waals surface area contributed by atoms with Gasteiger partial charge in [0.25, 0.3) is 5.56 Å². The third-order valence-electron chi connectivity index (χ3n) is 4.50. The summed E-state index contributed by atoms with van der Waals surface area (Å²) in [6.45, 7) is 2.68. The van der Waals surface area contributed by atoms with E-state index in [1.165, 1.54) is 11.3 Å². The van der Waals surface area contributed by atoms with Crippen molar-refractivity contribution in [3.05, 3.63) is 57.7 Å². The van der Waals surface area contributed by atoms with Gasteiger partial charge in [0.05, 0.1) is 18.7 Å². The normalized spacial score (nSPS) is 11.8. The van der Waals surface area contributed by atoms with Crippen molar-refractivity contribution in [2.45, 2.75) is 13.1 Å². The molecule has 0 spiro atoms. The Labute approximate surface area is 159 Å². The first kappa shape index (κ1) is 17.8. The Morgan fingerprint density at radius 2 is 2.15 bits per heavy atom. The lowest BCUT2D eigenvalue weighted by atomic mass is 10.2. The molecule has 0 radical (unpaired) electrons. The van der Waals surface area contributed by atoms with Gasteiger partial charge in [0.2, 0.25) is 5.78 Å². The van der Waals surface area contributed by atoms with E-state index in [9.17, 15) is 4.79 Å². The molecule has 4 aromatic rings. The highest BCUT2D eigenvalue weighted by molar-refractivity contribution is 7.17. The van der Waals surface area contributed by atoms with Gasteiger partial charge in [-0.05, 0) is 23.1 Å². The zero-order valence-electron chi connectivity index (χ0n) is 15.2. The van der Waals surface area contributed by atoms with Crippen molar-refractivity contribution in [3.8, 4) is 0 Å². The maximum Gasteiger partial charge on any atom is 0.272 e. The number of methoxy groups -OCH3 is 1. The summed E-state index contributed by atoms with van der Waals surface area (Å²) in [4.78, 5) is 18.9. The van der Waals surface area contributed by atoms with E-state index in [-0.39, 0.29) is 5.56 Å². The summed E-state index contributed by atoms with van der Waals surface area (Å²) in [6.07, 6.45) is 3.63. The molecule has 0 aliphatic rings. The van der Waals surface area contributed by atoms with Crippen LogP contribution in [0.25, 0.3) is 16.0 Å². The molecule has 27 heavy (non-hydrogen) atoms. The lowest BCUT2D eigenvalue weighted by Gasteiger charge is -2.21. The molecule has 4 heterocycles. The molecule has 9 heteroatoms. The van der Waals surface area contributed by atoms with E-state index >= 15 is 0 Å². The van der Waals surface area contributed by atoms with Gasteiger partial charge in [-0.1, -0.05) is 6.07 Å². The molecule has 0 amide bonds. The van der Waals surface area contributed by atoms with Gasteiger partial charge in [0, 0.05) is 39.6 Å². The number of fused-ring (bicyclic) bond motifs is 3. The molecule has 0 N–H and O–H groups in total. The number of hydrogen-bond acceptors (Lipinski definition) is 7. The van der Waals surface area contributed by atoms with Gasteiger partial charge in [-0.3, -0.25) is 23.6 Å². The minimum atomic E-state index is -0.0435. The Kier molecular flexibility index (Phi) is 4.97. The van der Waals surface area contributed by atoms with Crippen molar-refractivity contribution >= 4 is 27.3 Å². The first-order chi connectivity index (χ1) is 13.2. The van der Waals surface area contributed by atoms with Crippen LogP contribution in [0.1, 0.15) is 11.4 Å². The van der Waals surface area contributed by atoms with Crippen molar-refractivity contribution in [1.29, 1.82) is 0 Å². The van der Waals surface area contributed by atoms with Gasteiger partial charge >= 0.3 is 0 Å². The highest BCUT2D eigenvalue weighted by Crippen LogP contribution is 2.20. The largest absolute Gasteiger partial charge is 0.383 e. The second-order valence-corrected chi connectivity index (χ2v) is 7.23. The van der Waals surface area contributed by atoms with E-state index in [1.807, 2.05) is 28.1 Å². The molecular weight excluding hydrogens is 364 g/mol. The number of nitrogens with zero attached hydrogens (tertiary/aromatic N) is 6. The van der Waals surface area contributed by atoms with E-state index in [0.717, 1.165) is 30.0 Å². The average Bonchev–Trinajstić information content (AvgIpc) is 3.32. The minimum absolute atomic E-state index is 0.0435. The molecule has 4 aromatic heterocycles. The second-order valence-electron chi connectivity index (χ2n) is 6.32. The second kappa shape index (κ2) is 7.55. The van der Waals surface area contributed by atoms with E-state index < -0.39 is 0 Å². The molecule has 0 unspecified atom stereocenters. The molecule has 4 rings (SSSR count). The lowest BCUT2D eigenvalue weighted by molar-refractivity contribution is 0.138. The van der Waals surface area contributed by atoms with E-state index in [1.54, 1.807) is 24.9 Å². The summed E-state index contributed by atoms with van der Waals surface area (Å²) < 4.78 is 9.50. The van der Waals surface area contributed by atoms with E-state index in [4.69, 9.17) is 4.74 Å². The number of aryl methyl sites for hydroxylation is 1. The molecule has 0 aromatic carbocycles. The van der Waals surface area contributed by atoms with Crippen molar-refractivity contribution in [1.82, 2.24) is 29.0 Å². The van der Waals surface area contributed by atoms with Crippen LogP contribution in [0.3, 0.4) is 0 Å². The zero-order valence-corrected chi connectivity index (χ0v) is 16.0. The third-order valence-corrected chi connectivity index (χ3v) is 5.39. The number of hydrogen-bond donors (Lipinski definition) is 0. The standard InChI is InChI=1S/C18H20N6O2S/c1-22-17(25)16-14(5-9-27-16)24-15(20-21-18(22)24)12-23(7-8-26-2)11-13-4-3-6-19-10-13/h3-6,9-10H,7-8,11-12H2,1-2H3. The van der Waals surface area contributed by atoms with Gasteiger partial charge in [0.1, 0.15) is 4.70 Å². The molecular formula is C18H20N6O2S. The number of rotatable bonds is 7. The summed E-state index contributed by atoms with van der Waals surface area (Å²) in [6, 6.07) is 5.93. The van der Waals surface area contributed by atoms with Crippen LogP contribution in [0.15, 0.2) is 40.8 Å². The van der Waals surface area contributed by atoms with Crippen LogP contribution in [0, 0.1) is 0 Å². The van der Waals surface area contributed by atoms with Crippen LogP contribution in [-0.4, -0.2) is 49.3 Å². The summed E-state index contributed by atoms with van der Waals surface area (Å²) >= 11 is 1.44. The Balaban J connectivity index is 1.73. The SMILES string of the molecule is COCCN(Cc1cccnc1)Cc1nnc2n(C)c(=O)c3sccc3n12. The fraction of sp³-hybridized carbons (Fsp3) is 0.333. The van der Waals surface area contributed by atoms with Crippen molar-refractivity contribution < 1.29 is 4.74 Å². The van der Waals surface area contributed by atoms with E-state index in [0.29, 0.717) is 23.6 Å². The first-order valence-electron chi connectivity index (χ1n) is 8.59. The number of aromatic nitrogens is 5. The number of thiophene rings is 1. The Morgan fingerprint density at radius 3 is 2.93 bits per heavy atom. The number of pyridine rings is 1. The van der Waals surface area contributed by atoms with Crippen molar-refractivity contribution in [2.24, 2.45) is 7.05 Å². The number of ether oxygens (including phenoxy) is 1. The fourth-order valence-electron chi connectivity index (χ4n) is 3.14. The molecule has 0 saturated heterocycles. The monoisotopic (exact) mass is 384 g/mol. The quantitative estimate of drug-likeness (QED) is 0.483. The van der Waals surface area contributed by atoms with Crippen molar-refractivity contribution in [2.75, 3.05) is 20.3 Å². The van der Waals surface area contributed by atoms with Gasteiger partial charge in [0.15, 0.2) is 5.82 Å². The molecule has 0 saturated carbocycles. The summed E-state index contributed by atoms with van der Waals surface area (Å²) in [7, 11) is 3.42. The third kappa shape index (κ3) is 3.36. The van der Waals surface area contributed by atoms with Crippen LogP contribution in [0.4, 0.5) is 0 Å². The fourth-order valence-corrected chi connectivity index (χ4v) is 3.99. The molecule has 0 bridgehead atoms. The Morgan fingerprint density at radius 1 is 1.26 bits per heavy atom. The van der Waals surface area contributed by atoms with Gasteiger partial charge in [-0.15, -0.1) is 21.5 Å². The van der Waals surface area contributed by atoms with Gasteiger partial charge in [-0.2, -0.15) is 0 Å². The minimum Gasteiger partial charge on any atom is -0.383 e. The molecule has 0 fully saturated rings. The predicted molar refractivity (Wildman–Crippen MR) is 104 cm³/mol. The summed E-state index contributed by atoms with van der Waals surface area (Å²) in [5.74, 6) is 1.35. The lowest BCUT2D eigenvalue weighted by Crippen LogP contribution is -2.28. The van der Waals surface area contributed by atoms with Gasteiger partial charge in [-0.25, -0.2) is 0 Å². The van der Waals surface area contributed by atoms with Crippen LogP contribution in [0.2, 0.25) is 0 Å². The van der Waals surface area contributed by atoms with Gasteiger partial charge < -0.3 is 4.74 Å². The molecule has 140 valence electrons. The zero-order chi connectivity index (χ0) is 18.8. The van der Waals surface area contributed by atoms with Crippen molar-refractivity contribution in [3.63, 3.8) is 0 Å². The first-order valence-corrected chi connectivity index (χ1v) is 9.47. The summed E-state index contributed by atoms with van der Waals surface area (Å²) in [5, 5.41) is 10.6. The predicted octanol–water partition coefficient (Wildman–Crippen LogP) is 1.69. The van der Waals surface area contributed by atoms with Crippen LogP contribution >= 0.6 is 11.3 Å².